The van der Waals surface area contributed by atoms with Crippen LogP contribution in [0.4, 0.5) is 5.82 Å². The number of hydrogen-bond acceptors (Lipinski definition) is 6. The number of fused-ring (bicyclic) bond motifs is 1. The van der Waals surface area contributed by atoms with Crippen LogP contribution in [0.25, 0.3) is 22.2 Å². The second-order valence-corrected chi connectivity index (χ2v) is 7.45. The zero-order valence-corrected chi connectivity index (χ0v) is 18.6. The summed E-state index contributed by atoms with van der Waals surface area (Å²) in [6.45, 7) is 5.83. The third-order valence-corrected chi connectivity index (χ3v) is 5.39. The van der Waals surface area contributed by atoms with E-state index in [0.29, 0.717) is 22.2 Å². The number of nitrogens with one attached hydrogen (secondary N) is 1. The molecule has 0 aliphatic carbocycles. The van der Waals surface area contributed by atoms with Gasteiger partial charge in [0.1, 0.15) is 11.4 Å². The molecule has 0 fully saturated rings. The monoisotopic (exact) mass is 432 g/mol. The number of amides is 1. The first kappa shape index (κ1) is 21.2. The predicted molar refractivity (Wildman–Crippen MR) is 121 cm³/mol. The van der Waals surface area contributed by atoms with Crippen molar-refractivity contribution in [3.8, 4) is 11.3 Å². The molecular formula is C23H24N6O3. The van der Waals surface area contributed by atoms with Crippen molar-refractivity contribution in [3.63, 3.8) is 0 Å². The fourth-order valence-corrected chi connectivity index (χ4v) is 3.75. The van der Waals surface area contributed by atoms with E-state index in [1.807, 2.05) is 45.2 Å². The summed E-state index contributed by atoms with van der Waals surface area (Å²) in [6.07, 6.45) is 1.38. The largest absolute Gasteiger partial charge is 0.462 e. The summed E-state index contributed by atoms with van der Waals surface area (Å²) in [6, 6.07) is 9.21. The molecule has 3 aromatic heterocycles. The topological polar surface area (TPSA) is 104 Å². The molecule has 0 saturated heterocycles. The third kappa shape index (κ3) is 3.62. The Labute approximate surface area is 185 Å². The van der Waals surface area contributed by atoms with Crippen LogP contribution >= 0.6 is 0 Å². The number of esters is 1. The molecule has 4 rings (SSSR count). The van der Waals surface area contributed by atoms with E-state index in [2.05, 4.69) is 15.5 Å². The highest BCUT2D eigenvalue weighted by Gasteiger charge is 2.22. The van der Waals surface area contributed by atoms with Gasteiger partial charge in [0.15, 0.2) is 0 Å². The summed E-state index contributed by atoms with van der Waals surface area (Å²) in [5.74, 6) is -0.652. The van der Waals surface area contributed by atoms with E-state index in [0.717, 1.165) is 17.0 Å². The van der Waals surface area contributed by atoms with Crippen LogP contribution in [-0.4, -0.2) is 43.0 Å². The quantitative estimate of drug-likeness (QED) is 0.485. The first-order valence-electron chi connectivity index (χ1n) is 10.2. The Morgan fingerprint density at radius 2 is 1.84 bits per heavy atom. The normalized spacial score (nSPS) is 11.0. The number of benzene rings is 1. The lowest BCUT2D eigenvalue weighted by Crippen LogP contribution is -2.18. The summed E-state index contributed by atoms with van der Waals surface area (Å²) in [4.78, 5) is 30.5. The highest BCUT2D eigenvalue weighted by atomic mass is 16.5. The molecule has 0 saturated carbocycles. The number of anilines is 1. The van der Waals surface area contributed by atoms with E-state index in [4.69, 9.17) is 9.72 Å². The van der Waals surface area contributed by atoms with Gasteiger partial charge in [-0.1, -0.05) is 18.2 Å². The Bertz CT molecular complexity index is 1350. The highest BCUT2D eigenvalue weighted by molar-refractivity contribution is 6.14. The molecule has 0 spiro atoms. The number of para-hydroxylation sites is 1. The Balaban J connectivity index is 1.82. The zero-order chi connectivity index (χ0) is 23.0. The maximum atomic E-state index is 13.4. The summed E-state index contributed by atoms with van der Waals surface area (Å²) < 4.78 is 8.31. The molecule has 9 heteroatoms. The van der Waals surface area contributed by atoms with E-state index in [1.165, 1.54) is 10.9 Å². The van der Waals surface area contributed by atoms with Crippen molar-refractivity contribution in [2.75, 3.05) is 11.9 Å². The van der Waals surface area contributed by atoms with Crippen LogP contribution in [-0.2, 0) is 18.8 Å². The SMILES string of the molecule is CCOC(=O)c1cnn(C)c1NC(=O)c1cc(-c2c(C)nn(C)c2C)nc2ccccc12. The van der Waals surface area contributed by atoms with Crippen molar-refractivity contribution in [2.45, 2.75) is 20.8 Å². The average molecular weight is 432 g/mol. The van der Waals surface area contributed by atoms with Gasteiger partial charge in [0.25, 0.3) is 5.91 Å². The number of hydrogen-bond donors (Lipinski definition) is 1. The van der Waals surface area contributed by atoms with Crippen LogP contribution in [0, 0.1) is 13.8 Å². The lowest BCUT2D eigenvalue weighted by atomic mass is 10.0. The van der Waals surface area contributed by atoms with Crippen LogP contribution in [0.1, 0.15) is 39.0 Å². The Morgan fingerprint density at radius 1 is 1.09 bits per heavy atom. The van der Waals surface area contributed by atoms with Crippen LogP contribution in [0.15, 0.2) is 36.5 Å². The van der Waals surface area contributed by atoms with E-state index in [9.17, 15) is 9.59 Å². The molecule has 9 nitrogen and oxygen atoms in total. The molecule has 32 heavy (non-hydrogen) atoms. The maximum absolute atomic E-state index is 13.4. The lowest BCUT2D eigenvalue weighted by molar-refractivity contribution is 0.0527. The van der Waals surface area contributed by atoms with Crippen molar-refractivity contribution in [1.29, 1.82) is 0 Å². The maximum Gasteiger partial charge on any atom is 0.343 e. The molecule has 0 aliphatic heterocycles. The van der Waals surface area contributed by atoms with Gasteiger partial charge in [0.05, 0.1) is 35.3 Å². The van der Waals surface area contributed by atoms with Crippen molar-refractivity contribution < 1.29 is 14.3 Å². The Hall–Kier alpha value is -4.01. The molecule has 1 N–H and O–H groups in total. The number of pyridine rings is 1. The predicted octanol–water partition coefficient (Wildman–Crippen LogP) is 3.41. The van der Waals surface area contributed by atoms with Gasteiger partial charge in [-0.05, 0) is 32.9 Å². The van der Waals surface area contributed by atoms with Gasteiger partial charge in [0.2, 0.25) is 0 Å². The second kappa shape index (κ2) is 8.26. The first-order chi connectivity index (χ1) is 15.3. The molecule has 0 atom stereocenters. The lowest BCUT2D eigenvalue weighted by Gasteiger charge is -2.12. The molecule has 3 heterocycles. The van der Waals surface area contributed by atoms with Crippen molar-refractivity contribution in [3.05, 3.63) is 59.0 Å². The summed E-state index contributed by atoms with van der Waals surface area (Å²) in [5.41, 5.74) is 4.65. The van der Waals surface area contributed by atoms with Gasteiger partial charge < -0.3 is 10.1 Å². The van der Waals surface area contributed by atoms with Gasteiger partial charge in [-0.3, -0.25) is 14.2 Å². The van der Waals surface area contributed by atoms with Gasteiger partial charge in [-0.2, -0.15) is 10.2 Å². The average Bonchev–Trinajstić information content (AvgIpc) is 3.25. The van der Waals surface area contributed by atoms with E-state index in [1.54, 1.807) is 24.7 Å². The van der Waals surface area contributed by atoms with Gasteiger partial charge >= 0.3 is 5.97 Å². The Kier molecular flexibility index (Phi) is 5.48. The molecule has 0 radical (unpaired) electrons. The van der Waals surface area contributed by atoms with Crippen LogP contribution in [0.5, 0.6) is 0 Å². The minimum absolute atomic E-state index is 0.195. The van der Waals surface area contributed by atoms with Crippen molar-refractivity contribution in [2.24, 2.45) is 14.1 Å². The number of nitrogens with zero attached hydrogens (tertiary/aromatic N) is 5. The highest BCUT2D eigenvalue weighted by Crippen LogP contribution is 2.30. The van der Waals surface area contributed by atoms with E-state index < -0.39 is 5.97 Å². The Morgan fingerprint density at radius 3 is 2.53 bits per heavy atom. The minimum atomic E-state index is -0.544. The molecule has 0 bridgehead atoms. The number of aryl methyl sites for hydroxylation is 3. The number of ether oxygens (including phenoxy) is 1. The van der Waals surface area contributed by atoms with E-state index in [-0.39, 0.29) is 23.9 Å². The standard InChI is InChI=1S/C23H24N6O3/c1-6-32-23(31)17-12-24-29(5)21(17)26-22(30)16-11-19(20-13(2)27-28(4)14(20)3)25-18-10-8-7-9-15(16)18/h7-12H,6H2,1-5H3,(H,26,30). The number of rotatable bonds is 5. The summed E-state index contributed by atoms with van der Waals surface area (Å²) >= 11 is 0. The summed E-state index contributed by atoms with van der Waals surface area (Å²) in [5, 5.41) is 12.1. The number of aromatic nitrogens is 5. The van der Waals surface area contributed by atoms with Crippen molar-refractivity contribution >= 4 is 28.6 Å². The molecule has 1 aromatic carbocycles. The molecule has 0 unspecified atom stereocenters. The second-order valence-electron chi connectivity index (χ2n) is 7.45. The third-order valence-electron chi connectivity index (χ3n) is 5.39. The minimum Gasteiger partial charge on any atom is -0.462 e. The zero-order valence-electron chi connectivity index (χ0n) is 18.6. The van der Waals surface area contributed by atoms with Crippen molar-refractivity contribution in [1.82, 2.24) is 24.5 Å². The summed E-state index contributed by atoms with van der Waals surface area (Å²) in [7, 11) is 3.52. The molecule has 164 valence electrons. The smallest absolute Gasteiger partial charge is 0.343 e. The van der Waals surface area contributed by atoms with Crippen LogP contribution in [0.2, 0.25) is 0 Å². The van der Waals surface area contributed by atoms with Crippen LogP contribution in [0.3, 0.4) is 0 Å². The molecular weight excluding hydrogens is 408 g/mol. The number of carbonyl (C=O) groups is 2. The number of carbonyl (C=O) groups excluding carboxylic acids is 2. The molecule has 4 aromatic rings. The van der Waals surface area contributed by atoms with Gasteiger partial charge in [-0.25, -0.2) is 9.78 Å². The van der Waals surface area contributed by atoms with Crippen LogP contribution < -0.4 is 5.32 Å². The van der Waals surface area contributed by atoms with E-state index >= 15 is 0 Å². The van der Waals surface area contributed by atoms with Gasteiger partial charge in [-0.15, -0.1) is 0 Å². The fourth-order valence-electron chi connectivity index (χ4n) is 3.75. The van der Waals surface area contributed by atoms with Gasteiger partial charge in [0, 0.05) is 30.7 Å². The fraction of sp³-hybridized carbons (Fsp3) is 0.261. The first-order valence-corrected chi connectivity index (χ1v) is 10.2. The molecule has 1 amide bonds. The molecule has 0 aliphatic rings.